The highest BCUT2D eigenvalue weighted by Gasteiger charge is 2.20. The van der Waals surface area contributed by atoms with E-state index in [1.54, 1.807) is 6.20 Å². The lowest BCUT2D eigenvalue weighted by atomic mass is 10.0. The Labute approximate surface area is 132 Å². The second-order valence-electron chi connectivity index (χ2n) is 4.11. The highest BCUT2D eigenvalue weighted by atomic mass is 79.9. The first kappa shape index (κ1) is 13.3. The molecular formula is C14H9Br2N3O. The Kier molecular flexibility index (Phi) is 3.58. The Morgan fingerprint density at radius 2 is 1.95 bits per heavy atom. The summed E-state index contributed by atoms with van der Waals surface area (Å²) in [4.78, 5) is 4.31. The van der Waals surface area contributed by atoms with Crippen molar-refractivity contribution < 1.29 is 4.52 Å². The van der Waals surface area contributed by atoms with Gasteiger partial charge < -0.3 is 10.3 Å². The molecule has 0 radical (unpaired) electrons. The van der Waals surface area contributed by atoms with Crippen LogP contribution in [-0.2, 0) is 0 Å². The Morgan fingerprint density at radius 3 is 2.65 bits per heavy atom. The number of anilines is 1. The van der Waals surface area contributed by atoms with Gasteiger partial charge in [-0.1, -0.05) is 49.1 Å². The fourth-order valence-electron chi connectivity index (χ4n) is 1.93. The molecule has 2 aromatic heterocycles. The molecule has 100 valence electrons. The van der Waals surface area contributed by atoms with E-state index in [1.807, 2.05) is 36.4 Å². The Hall–Kier alpha value is -1.66. The average Bonchev–Trinajstić information content (AvgIpc) is 2.81. The molecule has 0 amide bonds. The smallest absolute Gasteiger partial charge is 0.232 e. The molecule has 6 heteroatoms. The summed E-state index contributed by atoms with van der Waals surface area (Å²) in [7, 11) is 0. The van der Waals surface area contributed by atoms with Crippen molar-refractivity contribution in [3.8, 4) is 22.5 Å². The van der Waals surface area contributed by atoms with Crippen LogP contribution in [0.5, 0.6) is 0 Å². The number of aromatic nitrogens is 2. The van der Waals surface area contributed by atoms with E-state index in [1.165, 1.54) is 0 Å². The van der Waals surface area contributed by atoms with E-state index in [-0.39, 0.29) is 5.88 Å². The number of nitrogens with two attached hydrogens (primary N) is 1. The molecule has 0 bridgehead atoms. The zero-order valence-corrected chi connectivity index (χ0v) is 13.3. The summed E-state index contributed by atoms with van der Waals surface area (Å²) in [6, 6.07) is 11.4. The molecule has 3 rings (SSSR count). The van der Waals surface area contributed by atoms with Crippen LogP contribution in [0, 0.1) is 0 Å². The lowest BCUT2D eigenvalue weighted by Crippen LogP contribution is -1.90. The summed E-state index contributed by atoms with van der Waals surface area (Å²) in [5.74, 6) is 0.258. The van der Waals surface area contributed by atoms with Crippen molar-refractivity contribution in [3.63, 3.8) is 0 Å². The quantitative estimate of drug-likeness (QED) is 0.694. The van der Waals surface area contributed by atoms with Crippen LogP contribution in [0.1, 0.15) is 0 Å². The lowest BCUT2D eigenvalue weighted by molar-refractivity contribution is 0.439. The van der Waals surface area contributed by atoms with Crippen LogP contribution in [0.15, 0.2) is 56.1 Å². The van der Waals surface area contributed by atoms with E-state index in [0.29, 0.717) is 11.3 Å². The van der Waals surface area contributed by atoms with E-state index in [9.17, 15) is 0 Å². The molecule has 0 aliphatic carbocycles. The summed E-state index contributed by atoms with van der Waals surface area (Å²) in [5, 5.41) is 4.07. The molecule has 0 saturated heterocycles. The molecule has 0 unspecified atom stereocenters. The fourth-order valence-corrected chi connectivity index (χ4v) is 3.16. The first-order valence-electron chi connectivity index (χ1n) is 5.79. The van der Waals surface area contributed by atoms with Crippen LogP contribution in [0.2, 0.25) is 0 Å². The van der Waals surface area contributed by atoms with Crippen LogP contribution in [0.3, 0.4) is 0 Å². The number of halogens is 2. The molecule has 0 saturated carbocycles. The number of hydrogen-bond acceptors (Lipinski definition) is 4. The highest BCUT2D eigenvalue weighted by molar-refractivity contribution is 9.11. The Morgan fingerprint density at radius 1 is 1.10 bits per heavy atom. The van der Waals surface area contributed by atoms with Crippen LogP contribution in [0.4, 0.5) is 5.88 Å². The first-order chi connectivity index (χ1) is 9.66. The van der Waals surface area contributed by atoms with Crippen LogP contribution >= 0.6 is 31.9 Å². The number of pyridine rings is 1. The van der Waals surface area contributed by atoms with Crippen molar-refractivity contribution >= 4 is 37.7 Å². The van der Waals surface area contributed by atoms with E-state index in [2.05, 4.69) is 42.0 Å². The Bertz CT molecular complexity index is 756. The maximum Gasteiger partial charge on any atom is 0.232 e. The van der Waals surface area contributed by atoms with Gasteiger partial charge in [-0.15, -0.1) is 0 Å². The molecule has 2 N–H and O–H groups in total. The van der Waals surface area contributed by atoms with E-state index in [0.717, 1.165) is 20.2 Å². The minimum absolute atomic E-state index is 0.258. The maximum atomic E-state index is 5.90. The van der Waals surface area contributed by atoms with Gasteiger partial charge in [-0.3, -0.25) is 4.98 Å². The average molecular weight is 395 g/mol. The van der Waals surface area contributed by atoms with Crippen molar-refractivity contribution in [2.24, 2.45) is 0 Å². The van der Waals surface area contributed by atoms with Crippen LogP contribution < -0.4 is 5.73 Å². The van der Waals surface area contributed by atoms with Gasteiger partial charge in [0.05, 0.1) is 11.3 Å². The number of nitrogen functional groups attached to an aromatic ring is 1. The normalized spacial score (nSPS) is 10.7. The van der Waals surface area contributed by atoms with Gasteiger partial charge in [0.2, 0.25) is 5.88 Å². The maximum absolute atomic E-state index is 5.90. The molecule has 0 spiro atoms. The number of benzene rings is 1. The van der Waals surface area contributed by atoms with Gasteiger partial charge in [0, 0.05) is 20.7 Å². The van der Waals surface area contributed by atoms with Crippen molar-refractivity contribution in [3.05, 3.63) is 51.5 Å². The minimum Gasteiger partial charge on any atom is -0.367 e. The molecule has 0 fully saturated rings. The molecule has 20 heavy (non-hydrogen) atoms. The molecule has 0 aliphatic rings. The summed E-state index contributed by atoms with van der Waals surface area (Å²) < 4.78 is 7.02. The number of hydrogen-bond donors (Lipinski definition) is 1. The topological polar surface area (TPSA) is 64.9 Å². The molecular weight excluding hydrogens is 386 g/mol. The van der Waals surface area contributed by atoms with Gasteiger partial charge in [-0.25, -0.2) is 0 Å². The number of rotatable bonds is 2. The second kappa shape index (κ2) is 5.38. The van der Waals surface area contributed by atoms with Gasteiger partial charge in [-0.2, -0.15) is 0 Å². The summed E-state index contributed by atoms with van der Waals surface area (Å²) in [5.41, 5.74) is 8.90. The van der Waals surface area contributed by atoms with Gasteiger partial charge in [0.1, 0.15) is 5.69 Å². The summed E-state index contributed by atoms with van der Waals surface area (Å²) >= 11 is 6.95. The fraction of sp³-hybridized carbons (Fsp3) is 0. The summed E-state index contributed by atoms with van der Waals surface area (Å²) in [6.45, 7) is 0. The molecule has 3 aromatic rings. The lowest BCUT2D eigenvalue weighted by Gasteiger charge is -2.04. The minimum atomic E-state index is 0.258. The SMILES string of the molecule is Nc1onc(-c2ccc(Br)cc2Br)c1-c1ccccn1. The van der Waals surface area contributed by atoms with E-state index < -0.39 is 0 Å². The standard InChI is InChI=1S/C14H9Br2N3O/c15-8-4-5-9(10(16)7-8)13-12(14(17)20-19-13)11-3-1-2-6-18-11/h1-7H,17H2. The van der Waals surface area contributed by atoms with Gasteiger partial charge in [-0.05, 0) is 24.3 Å². The third-order valence-electron chi connectivity index (χ3n) is 2.83. The van der Waals surface area contributed by atoms with Crippen molar-refractivity contribution in [2.75, 3.05) is 5.73 Å². The zero-order valence-electron chi connectivity index (χ0n) is 10.2. The molecule has 0 aliphatic heterocycles. The zero-order chi connectivity index (χ0) is 14.1. The van der Waals surface area contributed by atoms with E-state index >= 15 is 0 Å². The predicted molar refractivity (Wildman–Crippen MR) is 85.0 cm³/mol. The third kappa shape index (κ3) is 2.36. The highest BCUT2D eigenvalue weighted by Crippen LogP contribution is 2.38. The predicted octanol–water partition coefficient (Wildman–Crippen LogP) is 4.51. The van der Waals surface area contributed by atoms with Crippen molar-refractivity contribution in [2.45, 2.75) is 0 Å². The molecule has 0 atom stereocenters. The van der Waals surface area contributed by atoms with Crippen molar-refractivity contribution in [1.82, 2.24) is 10.1 Å². The van der Waals surface area contributed by atoms with Gasteiger partial charge >= 0.3 is 0 Å². The summed E-state index contributed by atoms with van der Waals surface area (Å²) in [6.07, 6.45) is 1.71. The molecule has 4 nitrogen and oxygen atoms in total. The molecule has 1 aromatic carbocycles. The van der Waals surface area contributed by atoms with E-state index in [4.69, 9.17) is 10.3 Å². The number of nitrogens with zero attached hydrogens (tertiary/aromatic N) is 2. The van der Waals surface area contributed by atoms with Gasteiger partial charge in [0.25, 0.3) is 0 Å². The first-order valence-corrected chi connectivity index (χ1v) is 7.37. The Balaban J connectivity index is 2.21. The monoisotopic (exact) mass is 393 g/mol. The third-order valence-corrected chi connectivity index (χ3v) is 3.98. The van der Waals surface area contributed by atoms with Crippen molar-refractivity contribution in [1.29, 1.82) is 0 Å². The van der Waals surface area contributed by atoms with Crippen LogP contribution in [0.25, 0.3) is 22.5 Å². The second-order valence-corrected chi connectivity index (χ2v) is 5.88. The largest absolute Gasteiger partial charge is 0.367 e. The van der Waals surface area contributed by atoms with Crippen LogP contribution in [-0.4, -0.2) is 10.1 Å². The molecule has 2 heterocycles. The van der Waals surface area contributed by atoms with Gasteiger partial charge in [0.15, 0.2) is 0 Å².